The normalized spacial score (nSPS) is 32.4. The second-order valence-electron chi connectivity index (χ2n) is 6.41. The van der Waals surface area contributed by atoms with Crippen LogP contribution >= 0.6 is 12.4 Å². The Morgan fingerprint density at radius 2 is 1.88 bits per heavy atom. The van der Waals surface area contributed by atoms with Gasteiger partial charge in [-0.2, -0.15) is 0 Å². The summed E-state index contributed by atoms with van der Waals surface area (Å²) in [6.45, 7) is 10.4. The molecule has 0 spiro atoms. The molecule has 3 unspecified atom stereocenters. The monoisotopic (exact) mass is 260 g/mol. The van der Waals surface area contributed by atoms with E-state index in [1.54, 1.807) is 0 Å². The summed E-state index contributed by atoms with van der Waals surface area (Å²) in [4.78, 5) is 14.2. The van der Waals surface area contributed by atoms with E-state index in [2.05, 4.69) is 20.8 Å². The van der Waals surface area contributed by atoms with Gasteiger partial charge in [-0.15, -0.1) is 12.4 Å². The molecule has 1 amide bonds. The molecule has 3 nitrogen and oxygen atoms in total. The highest BCUT2D eigenvalue weighted by Crippen LogP contribution is 2.62. The van der Waals surface area contributed by atoms with Crippen molar-refractivity contribution in [1.29, 1.82) is 0 Å². The fraction of sp³-hybridized carbons (Fsp3) is 0.923. The first-order chi connectivity index (χ1) is 7.30. The van der Waals surface area contributed by atoms with Gasteiger partial charge in [-0.05, 0) is 30.6 Å². The number of carbonyl (C=O) groups is 1. The van der Waals surface area contributed by atoms with E-state index in [1.807, 2.05) is 11.8 Å². The van der Waals surface area contributed by atoms with Crippen molar-refractivity contribution >= 4 is 18.3 Å². The van der Waals surface area contributed by atoms with Crippen LogP contribution in [0.4, 0.5) is 0 Å². The molecule has 1 saturated carbocycles. The average Bonchev–Trinajstić information content (AvgIpc) is 2.61. The summed E-state index contributed by atoms with van der Waals surface area (Å²) in [5, 5.41) is 0. The number of hydrogen-bond acceptors (Lipinski definition) is 2. The van der Waals surface area contributed by atoms with E-state index in [-0.39, 0.29) is 18.3 Å². The minimum absolute atomic E-state index is 0. The number of hydrogen-bond donors (Lipinski definition) is 1. The van der Waals surface area contributed by atoms with Gasteiger partial charge in [0.05, 0.1) is 5.54 Å². The van der Waals surface area contributed by atoms with E-state index in [0.717, 1.165) is 25.9 Å². The van der Waals surface area contributed by atoms with Crippen LogP contribution in [0, 0.1) is 17.3 Å². The van der Waals surface area contributed by atoms with Crippen molar-refractivity contribution in [2.45, 2.75) is 46.1 Å². The highest BCUT2D eigenvalue weighted by atomic mass is 35.5. The molecule has 0 aromatic rings. The van der Waals surface area contributed by atoms with Crippen LogP contribution in [0.2, 0.25) is 0 Å². The summed E-state index contributed by atoms with van der Waals surface area (Å²) in [7, 11) is 0. The summed E-state index contributed by atoms with van der Waals surface area (Å²) in [5.74, 6) is 1.58. The summed E-state index contributed by atoms with van der Waals surface area (Å²) in [6.07, 6.45) is 1.74. The number of nitrogens with zero attached hydrogens (tertiary/aromatic N) is 1. The van der Waals surface area contributed by atoms with Crippen molar-refractivity contribution in [2.75, 3.05) is 13.1 Å². The SMILES string of the molecule is CCCC(C)(N)C(=O)N1CC2C(C1)C2(C)C.Cl. The van der Waals surface area contributed by atoms with E-state index in [0.29, 0.717) is 17.3 Å². The molecule has 0 aromatic heterocycles. The van der Waals surface area contributed by atoms with Gasteiger partial charge in [-0.1, -0.05) is 27.2 Å². The van der Waals surface area contributed by atoms with Crippen LogP contribution in [0.15, 0.2) is 0 Å². The van der Waals surface area contributed by atoms with Gasteiger partial charge in [0, 0.05) is 13.1 Å². The van der Waals surface area contributed by atoms with Crippen LogP contribution in [0.5, 0.6) is 0 Å². The third kappa shape index (κ3) is 2.32. The maximum Gasteiger partial charge on any atom is 0.242 e. The van der Waals surface area contributed by atoms with E-state index in [1.165, 1.54) is 0 Å². The fourth-order valence-corrected chi connectivity index (χ4v) is 3.29. The predicted molar refractivity (Wildman–Crippen MR) is 72.1 cm³/mol. The molecule has 4 heteroatoms. The quantitative estimate of drug-likeness (QED) is 0.844. The number of fused-ring (bicyclic) bond motifs is 1. The van der Waals surface area contributed by atoms with Gasteiger partial charge in [-0.25, -0.2) is 0 Å². The lowest BCUT2D eigenvalue weighted by Crippen LogP contribution is -2.53. The van der Waals surface area contributed by atoms with Crippen molar-refractivity contribution in [1.82, 2.24) is 4.90 Å². The fourth-order valence-electron chi connectivity index (χ4n) is 3.29. The Morgan fingerprint density at radius 1 is 1.41 bits per heavy atom. The Morgan fingerprint density at radius 3 is 2.29 bits per heavy atom. The predicted octanol–water partition coefficient (Wildman–Crippen LogP) is 2.04. The summed E-state index contributed by atoms with van der Waals surface area (Å²) < 4.78 is 0. The lowest BCUT2D eigenvalue weighted by molar-refractivity contribution is -0.136. The van der Waals surface area contributed by atoms with Gasteiger partial charge in [0.2, 0.25) is 5.91 Å². The number of likely N-dealkylation sites (tertiary alicyclic amines) is 1. The first kappa shape index (κ1) is 14.8. The number of nitrogens with two attached hydrogens (primary N) is 1. The number of piperidine rings is 1. The van der Waals surface area contributed by atoms with Gasteiger partial charge in [0.15, 0.2) is 0 Å². The van der Waals surface area contributed by atoms with Crippen LogP contribution < -0.4 is 5.73 Å². The first-order valence-electron chi connectivity index (χ1n) is 6.39. The van der Waals surface area contributed by atoms with Crippen molar-refractivity contribution in [3.63, 3.8) is 0 Å². The summed E-state index contributed by atoms with van der Waals surface area (Å²) in [5.41, 5.74) is 5.90. The number of carbonyl (C=O) groups excluding carboxylic acids is 1. The Labute approximate surface area is 111 Å². The standard InChI is InChI=1S/C13H24N2O.ClH/c1-5-6-13(4,14)11(16)15-7-9-10(8-15)12(9,2)3;/h9-10H,5-8,14H2,1-4H3;1H. The van der Waals surface area contributed by atoms with Crippen LogP contribution in [0.25, 0.3) is 0 Å². The van der Waals surface area contributed by atoms with Crippen LogP contribution in [-0.4, -0.2) is 29.4 Å². The third-order valence-corrected chi connectivity index (χ3v) is 4.67. The molecule has 0 radical (unpaired) electrons. The maximum atomic E-state index is 12.2. The van der Waals surface area contributed by atoms with E-state index in [9.17, 15) is 4.79 Å². The largest absolute Gasteiger partial charge is 0.340 e. The van der Waals surface area contributed by atoms with E-state index < -0.39 is 5.54 Å². The lowest BCUT2D eigenvalue weighted by Gasteiger charge is -2.31. The Bertz CT molecular complexity index is 301. The minimum Gasteiger partial charge on any atom is -0.340 e. The van der Waals surface area contributed by atoms with Crippen molar-refractivity contribution < 1.29 is 4.79 Å². The second-order valence-corrected chi connectivity index (χ2v) is 6.41. The molecule has 1 aliphatic carbocycles. The molecular formula is C13H25ClN2O. The molecule has 1 heterocycles. The molecule has 17 heavy (non-hydrogen) atoms. The van der Waals surface area contributed by atoms with Crippen molar-refractivity contribution in [3.05, 3.63) is 0 Å². The molecule has 3 atom stereocenters. The van der Waals surface area contributed by atoms with E-state index in [4.69, 9.17) is 5.73 Å². The molecule has 100 valence electrons. The molecule has 2 aliphatic rings. The summed E-state index contributed by atoms with van der Waals surface area (Å²) >= 11 is 0. The summed E-state index contributed by atoms with van der Waals surface area (Å²) in [6, 6.07) is 0. The second kappa shape index (κ2) is 4.43. The topological polar surface area (TPSA) is 46.3 Å². The molecule has 1 aliphatic heterocycles. The van der Waals surface area contributed by atoms with Gasteiger partial charge >= 0.3 is 0 Å². The Balaban J connectivity index is 0.00000144. The van der Waals surface area contributed by atoms with Crippen LogP contribution in [0.3, 0.4) is 0 Å². The third-order valence-electron chi connectivity index (χ3n) is 4.67. The first-order valence-corrected chi connectivity index (χ1v) is 6.39. The molecule has 2 N–H and O–H groups in total. The molecular weight excluding hydrogens is 236 g/mol. The van der Waals surface area contributed by atoms with Crippen molar-refractivity contribution in [3.8, 4) is 0 Å². The van der Waals surface area contributed by atoms with Crippen LogP contribution in [0.1, 0.15) is 40.5 Å². The van der Waals surface area contributed by atoms with E-state index >= 15 is 0 Å². The van der Waals surface area contributed by atoms with Crippen molar-refractivity contribution in [2.24, 2.45) is 23.0 Å². The molecule has 1 saturated heterocycles. The molecule has 0 bridgehead atoms. The number of halogens is 1. The Hall–Kier alpha value is -0.280. The minimum atomic E-state index is -0.657. The smallest absolute Gasteiger partial charge is 0.242 e. The number of amides is 1. The van der Waals surface area contributed by atoms with Gasteiger partial charge < -0.3 is 10.6 Å². The average molecular weight is 261 g/mol. The zero-order valence-electron chi connectivity index (χ0n) is 11.3. The van der Waals surface area contributed by atoms with Gasteiger partial charge in [-0.3, -0.25) is 4.79 Å². The molecule has 2 rings (SSSR count). The molecule has 0 aromatic carbocycles. The van der Waals surface area contributed by atoms with Gasteiger partial charge in [0.25, 0.3) is 0 Å². The maximum absolute atomic E-state index is 12.2. The number of rotatable bonds is 3. The zero-order chi connectivity index (χ0) is 12.1. The highest BCUT2D eigenvalue weighted by molar-refractivity contribution is 5.86. The Kier molecular flexibility index (Phi) is 3.85. The van der Waals surface area contributed by atoms with Crippen LogP contribution in [-0.2, 0) is 4.79 Å². The lowest BCUT2D eigenvalue weighted by atomic mass is 9.95. The molecule has 2 fully saturated rings. The highest BCUT2D eigenvalue weighted by Gasteiger charge is 2.63. The van der Waals surface area contributed by atoms with Gasteiger partial charge in [0.1, 0.15) is 0 Å². The zero-order valence-corrected chi connectivity index (χ0v) is 12.1.